The molecule has 0 aliphatic carbocycles. The van der Waals surface area contributed by atoms with Gasteiger partial charge in [0.25, 0.3) is 0 Å². The first kappa shape index (κ1) is 17.7. The Bertz CT molecular complexity index is 1200. The van der Waals surface area contributed by atoms with Crippen LogP contribution in [0.4, 0.5) is 8.78 Å². The zero-order valence-corrected chi connectivity index (χ0v) is 16.2. The fourth-order valence-electron chi connectivity index (χ4n) is 3.86. The molecule has 0 bridgehead atoms. The van der Waals surface area contributed by atoms with Gasteiger partial charge in [-0.15, -0.1) is 0 Å². The molecular weight excluding hydrogens is 344 g/mol. The van der Waals surface area contributed by atoms with Crippen molar-refractivity contribution in [1.29, 1.82) is 0 Å². The van der Waals surface area contributed by atoms with Crippen LogP contribution >= 0.6 is 0 Å². The molecule has 2 nitrogen and oxygen atoms in total. The lowest BCUT2D eigenvalue weighted by Crippen LogP contribution is -2.31. The molecule has 0 fully saturated rings. The van der Waals surface area contributed by atoms with Crippen LogP contribution in [0.5, 0.6) is 0 Å². The lowest BCUT2D eigenvalue weighted by Gasteiger charge is -2.10. The van der Waals surface area contributed by atoms with Crippen molar-refractivity contribution in [2.45, 2.75) is 33.6 Å². The molecule has 0 atom stereocenters. The Hall–Kier alpha value is -2.75. The molecule has 2 heterocycles. The number of hydrogen-bond acceptors (Lipinski definition) is 1. The number of furan rings is 1. The molecule has 4 rings (SSSR count). The summed E-state index contributed by atoms with van der Waals surface area (Å²) in [6.07, 6.45) is 2.03. The van der Waals surface area contributed by atoms with Crippen LogP contribution in [0.3, 0.4) is 0 Å². The highest BCUT2D eigenvalue weighted by molar-refractivity contribution is 6.11. The van der Waals surface area contributed by atoms with E-state index in [2.05, 4.69) is 26.0 Å². The molecule has 0 amide bonds. The molecule has 0 aliphatic heterocycles. The van der Waals surface area contributed by atoms with Gasteiger partial charge in [-0.25, -0.2) is 13.3 Å². The Morgan fingerprint density at radius 2 is 1.70 bits per heavy atom. The third kappa shape index (κ3) is 2.71. The number of pyridine rings is 1. The minimum atomic E-state index is -0.637. The topological polar surface area (TPSA) is 17.0 Å². The van der Waals surface area contributed by atoms with Crippen molar-refractivity contribution in [3.63, 3.8) is 0 Å². The number of benzene rings is 2. The first-order valence-electron chi connectivity index (χ1n) is 9.09. The number of nitrogens with zero attached hydrogens (tertiary/aromatic N) is 1. The van der Waals surface area contributed by atoms with E-state index in [9.17, 15) is 8.78 Å². The molecule has 0 spiro atoms. The molecule has 0 aliphatic rings. The average Bonchev–Trinajstić information content (AvgIpc) is 2.95. The fraction of sp³-hybridized carbons (Fsp3) is 0.261. The summed E-state index contributed by atoms with van der Waals surface area (Å²) in [5, 5.41) is 1.05. The second-order valence-electron chi connectivity index (χ2n) is 7.56. The maximum atomic E-state index is 14.6. The molecule has 2 aromatic carbocycles. The first-order valence-corrected chi connectivity index (χ1v) is 9.09. The second kappa shape index (κ2) is 6.15. The van der Waals surface area contributed by atoms with E-state index in [-0.39, 0.29) is 5.58 Å². The summed E-state index contributed by atoms with van der Waals surface area (Å²) >= 11 is 0. The molecule has 138 valence electrons. The van der Waals surface area contributed by atoms with Crippen molar-refractivity contribution in [2.24, 2.45) is 7.05 Å². The highest BCUT2D eigenvalue weighted by atomic mass is 19.1. The van der Waals surface area contributed by atoms with E-state index in [1.807, 2.05) is 37.7 Å². The Kier molecular flexibility index (Phi) is 4.02. The van der Waals surface area contributed by atoms with E-state index in [4.69, 9.17) is 4.42 Å². The van der Waals surface area contributed by atoms with Crippen molar-refractivity contribution in [2.75, 3.05) is 0 Å². The van der Waals surface area contributed by atoms with E-state index in [1.54, 1.807) is 0 Å². The van der Waals surface area contributed by atoms with Gasteiger partial charge in [0.05, 0.1) is 10.9 Å². The van der Waals surface area contributed by atoms with Crippen molar-refractivity contribution in [3.05, 3.63) is 64.9 Å². The fourth-order valence-corrected chi connectivity index (χ4v) is 3.86. The monoisotopic (exact) mass is 366 g/mol. The summed E-state index contributed by atoms with van der Waals surface area (Å²) in [6, 6.07) is 8.45. The smallest absolute Gasteiger partial charge is 0.216 e. The van der Waals surface area contributed by atoms with Gasteiger partial charge >= 0.3 is 0 Å². The SMILES string of the molecule is Cc1cc(C)c2c(oc3cc(F)cc(F)c32)c1-c1cc(C(C)C)cc[n+]1C. The maximum absolute atomic E-state index is 14.6. The minimum absolute atomic E-state index is 0.236. The molecule has 0 saturated heterocycles. The van der Waals surface area contributed by atoms with Crippen LogP contribution in [0.2, 0.25) is 0 Å². The zero-order valence-electron chi connectivity index (χ0n) is 16.2. The van der Waals surface area contributed by atoms with Crippen LogP contribution in [0.1, 0.15) is 36.5 Å². The van der Waals surface area contributed by atoms with Crippen LogP contribution in [0.25, 0.3) is 33.2 Å². The minimum Gasteiger partial charge on any atom is -0.455 e. The van der Waals surface area contributed by atoms with Crippen LogP contribution in [-0.2, 0) is 7.05 Å². The number of fused-ring (bicyclic) bond motifs is 3. The lowest BCUT2D eigenvalue weighted by molar-refractivity contribution is -0.660. The number of aryl methyl sites for hydroxylation is 3. The van der Waals surface area contributed by atoms with Crippen molar-refractivity contribution >= 4 is 21.9 Å². The summed E-state index contributed by atoms with van der Waals surface area (Å²) in [6.45, 7) is 8.25. The quantitative estimate of drug-likeness (QED) is 0.392. The Balaban J connectivity index is 2.17. The average molecular weight is 366 g/mol. The summed E-state index contributed by atoms with van der Waals surface area (Å²) in [5.41, 5.74) is 5.91. The van der Waals surface area contributed by atoms with Gasteiger partial charge in [-0.05, 0) is 36.5 Å². The molecular formula is C23H22F2NO+. The molecule has 0 saturated carbocycles. The van der Waals surface area contributed by atoms with Gasteiger partial charge in [-0.1, -0.05) is 19.9 Å². The highest BCUT2D eigenvalue weighted by Crippen LogP contribution is 2.40. The predicted molar refractivity (Wildman–Crippen MR) is 104 cm³/mol. The third-order valence-corrected chi connectivity index (χ3v) is 5.25. The van der Waals surface area contributed by atoms with E-state index in [0.29, 0.717) is 22.3 Å². The molecule has 4 aromatic rings. The van der Waals surface area contributed by atoms with Gasteiger partial charge in [-0.2, -0.15) is 0 Å². The maximum Gasteiger partial charge on any atom is 0.216 e. The molecule has 2 aromatic heterocycles. The summed E-state index contributed by atoms with van der Waals surface area (Å²) < 4.78 is 36.4. The van der Waals surface area contributed by atoms with Crippen LogP contribution in [-0.4, -0.2) is 0 Å². The zero-order chi connectivity index (χ0) is 19.5. The Morgan fingerprint density at radius 3 is 2.41 bits per heavy atom. The molecule has 0 unspecified atom stereocenters. The highest BCUT2D eigenvalue weighted by Gasteiger charge is 2.24. The van der Waals surface area contributed by atoms with Crippen LogP contribution in [0.15, 0.2) is 40.9 Å². The lowest BCUT2D eigenvalue weighted by atomic mass is 9.95. The standard InChI is InChI=1S/C23H22F2NO/c1-12(2)15-6-7-26(5)18(9-15)20-13(3)8-14(4)21-22-17(25)10-16(24)11-19(22)27-23(20)21/h6-12H,1-5H3/q+1. The van der Waals surface area contributed by atoms with Crippen molar-refractivity contribution in [3.8, 4) is 11.3 Å². The largest absolute Gasteiger partial charge is 0.455 e. The van der Waals surface area contributed by atoms with Crippen LogP contribution in [0, 0.1) is 25.5 Å². The third-order valence-electron chi connectivity index (χ3n) is 5.25. The summed E-state index contributed by atoms with van der Waals surface area (Å²) in [7, 11) is 1.98. The number of aromatic nitrogens is 1. The van der Waals surface area contributed by atoms with Crippen molar-refractivity contribution in [1.82, 2.24) is 0 Å². The van der Waals surface area contributed by atoms with Gasteiger partial charge in [0, 0.05) is 29.7 Å². The Labute approximate surface area is 157 Å². The van der Waals surface area contributed by atoms with Gasteiger partial charge in [0.15, 0.2) is 6.20 Å². The Morgan fingerprint density at radius 1 is 0.963 bits per heavy atom. The number of hydrogen-bond donors (Lipinski definition) is 0. The van der Waals surface area contributed by atoms with Crippen molar-refractivity contribution < 1.29 is 17.8 Å². The number of rotatable bonds is 2. The van der Waals surface area contributed by atoms with E-state index >= 15 is 0 Å². The van der Waals surface area contributed by atoms with Gasteiger partial charge in [0.2, 0.25) is 5.69 Å². The second-order valence-corrected chi connectivity index (χ2v) is 7.56. The molecule has 27 heavy (non-hydrogen) atoms. The predicted octanol–water partition coefficient (Wildman–Crippen LogP) is 6.10. The van der Waals surface area contributed by atoms with E-state index < -0.39 is 11.6 Å². The summed E-state index contributed by atoms with van der Waals surface area (Å²) in [5.74, 6) is -0.849. The molecule has 4 heteroatoms. The van der Waals surface area contributed by atoms with Gasteiger partial charge < -0.3 is 4.42 Å². The van der Waals surface area contributed by atoms with E-state index in [1.165, 1.54) is 11.6 Å². The first-order chi connectivity index (χ1) is 12.8. The molecule has 0 N–H and O–H groups in total. The summed E-state index contributed by atoms with van der Waals surface area (Å²) in [4.78, 5) is 0. The van der Waals surface area contributed by atoms with Crippen LogP contribution < -0.4 is 4.57 Å². The van der Waals surface area contributed by atoms with E-state index in [0.717, 1.165) is 28.5 Å². The van der Waals surface area contributed by atoms with Gasteiger partial charge in [-0.3, -0.25) is 0 Å². The molecule has 0 radical (unpaired) electrons. The normalized spacial score (nSPS) is 11.9. The van der Waals surface area contributed by atoms with Gasteiger partial charge in [0.1, 0.15) is 29.8 Å². The number of halogens is 2.